The van der Waals surface area contributed by atoms with Crippen molar-refractivity contribution < 1.29 is 13.6 Å². The van der Waals surface area contributed by atoms with Crippen molar-refractivity contribution in [1.29, 1.82) is 0 Å². The number of piperidine rings is 1. The van der Waals surface area contributed by atoms with Crippen molar-refractivity contribution in [2.24, 2.45) is 0 Å². The van der Waals surface area contributed by atoms with E-state index in [1.165, 1.54) is 0 Å². The zero-order valence-electron chi connectivity index (χ0n) is 12.9. The van der Waals surface area contributed by atoms with Gasteiger partial charge in [-0.05, 0) is 44.4 Å². The molecule has 0 radical (unpaired) electrons. The molecule has 0 spiro atoms. The number of halogens is 2. The number of nitrogens with one attached hydrogen (secondary N) is 1. The van der Waals surface area contributed by atoms with Gasteiger partial charge in [-0.25, -0.2) is 13.8 Å². The molecule has 1 aliphatic rings. The summed E-state index contributed by atoms with van der Waals surface area (Å²) in [6, 6.07) is 2.95. The van der Waals surface area contributed by atoms with Crippen LogP contribution in [0.5, 0.6) is 0 Å². The van der Waals surface area contributed by atoms with Crippen LogP contribution < -0.4 is 0 Å². The lowest BCUT2D eigenvalue weighted by Gasteiger charge is -2.34. The van der Waals surface area contributed by atoms with Crippen LogP contribution in [0.15, 0.2) is 18.2 Å². The SMILES string of the molecule is Cc1nc(C2CCCCN2C(=O)Cc2cc(F)ccc2F)n[nH]1. The molecule has 5 nitrogen and oxygen atoms in total. The van der Waals surface area contributed by atoms with Gasteiger partial charge in [0.25, 0.3) is 0 Å². The van der Waals surface area contributed by atoms with Crippen LogP contribution in [-0.2, 0) is 11.2 Å². The van der Waals surface area contributed by atoms with Crippen LogP contribution in [0.1, 0.15) is 42.5 Å². The molecule has 1 aromatic heterocycles. The fourth-order valence-corrected chi connectivity index (χ4v) is 2.95. The average Bonchev–Trinajstić information content (AvgIpc) is 2.97. The van der Waals surface area contributed by atoms with Crippen LogP contribution in [0, 0.1) is 18.6 Å². The highest BCUT2D eigenvalue weighted by molar-refractivity contribution is 5.79. The van der Waals surface area contributed by atoms with Crippen molar-refractivity contribution in [3.05, 3.63) is 47.0 Å². The lowest BCUT2D eigenvalue weighted by Crippen LogP contribution is -2.40. The highest BCUT2D eigenvalue weighted by Crippen LogP contribution is 2.29. The zero-order chi connectivity index (χ0) is 16.4. The number of aryl methyl sites for hydroxylation is 1. The molecular formula is C16H18F2N4O. The molecule has 1 N–H and O–H groups in total. The summed E-state index contributed by atoms with van der Waals surface area (Å²) in [4.78, 5) is 18.6. The first kappa shape index (κ1) is 15.6. The Labute approximate surface area is 132 Å². The summed E-state index contributed by atoms with van der Waals surface area (Å²) >= 11 is 0. The van der Waals surface area contributed by atoms with E-state index in [1.54, 1.807) is 11.8 Å². The van der Waals surface area contributed by atoms with Gasteiger partial charge in [-0.1, -0.05) is 0 Å². The van der Waals surface area contributed by atoms with Gasteiger partial charge >= 0.3 is 0 Å². The molecule has 1 aliphatic heterocycles. The molecule has 0 aliphatic carbocycles. The monoisotopic (exact) mass is 320 g/mol. The highest BCUT2D eigenvalue weighted by Gasteiger charge is 2.30. The van der Waals surface area contributed by atoms with Crippen molar-refractivity contribution in [3.8, 4) is 0 Å². The molecule has 7 heteroatoms. The van der Waals surface area contributed by atoms with Crippen molar-refractivity contribution in [1.82, 2.24) is 20.1 Å². The standard InChI is InChI=1S/C16H18F2N4O/c1-10-19-16(21-20-10)14-4-2-3-7-22(14)15(23)9-11-8-12(17)5-6-13(11)18/h5-6,8,14H,2-4,7,9H2,1H3,(H,19,20,21). The molecule has 2 aromatic rings. The number of carbonyl (C=O) groups is 1. The van der Waals surface area contributed by atoms with Gasteiger partial charge in [0.15, 0.2) is 5.82 Å². The molecule has 0 saturated carbocycles. The molecule has 1 unspecified atom stereocenters. The van der Waals surface area contributed by atoms with Gasteiger partial charge in [0.05, 0.1) is 12.5 Å². The number of nitrogens with zero attached hydrogens (tertiary/aromatic N) is 3. The van der Waals surface area contributed by atoms with Gasteiger partial charge in [0.1, 0.15) is 17.5 Å². The van der Waals surface area contributed by atoms with Gasteiger partial charge in [0, 0.05) is 12.1 Å². The fraction of sp³-hybridized carbons (Fsp3) is 0.438. The normalized spacial score (nSPS) is 18.2. The van der Waals surface area contributed by atoms with Crippen LogP contribution in [0.4, 0.5) is 8.78 Å². The van der Waals surface area contributed by atoms with E-state index in [4.69, 9.17) is 0 Å². The van der Waals surface area contributed by atoms with E-state index in [-0.39, 0.29) is 23.9 Å². The third kappa shape index (κ3) is 3.38. The second-order valence-corrected chi connectivity index (χ2v) is 5.79. The Balaban J connectivity index is 1.80. The summed E-state index contributed by atoms with van der Waals surface area (Å²) in [7, 11) is 0. The molecule has 3 rings (SSSR count). The minimum absolute atomic E-state index is 0.0745. The lowest BCUT2D eigenvalue weighted by molar-refractivity contribution is -0.134. The Morgan fingerprint density at radius 2 is 2.22 bits per heavy atom. The lowest BCUT2D eigenvalue weighted by atomic mass is 10.00. The van der Waals surface area contributed by atoms with Crippen LogP contribution in [-0.4, -0.2) is 32.5 Å². The van der Waals surface area contributed by atoms with E-state index >= 15 is 0 Å². The van der Waals surface area contributed by atoms with Gasteiger partial charge in [-0.15, -0.1) is 0 Å². The number of hydrogen-bond donors (Lipinski definition) is 1. The number of carbonyl (C=O) groups excluding carboxylic acids is 1. The fourth-order valence-electron chi connectivity index (χ4n) is 2.95. The molecule has 1 amide bonds. The maximum atomic E-state index is 13.8. The second kappa shape index (κ2) is 6.44. The van der Waals surface area contributed by atoms with Crippen molar-refractivity contribution in [2.75, 3.05) is 6.54 Å². The number of hydrogen-bond acceptors (Lipinski definition) is 3. The maximum absolute atomic E-state index is 13.8. The maximum Gasteiger partial charge on any atom is 0.227 e. The number of likely N-dealkylation sites (tertiary alicyclic amines) is 1. The summed E-state index contributed by atoms with van der Waals surface area (Å²) in [6.45, 7) is 2.38. The summed E-state index contributed by atoms with van der Waals surface area (Å²) < 4.78 is 27.0. The topological polar surface area (TPSA) is 61.9 Å². The summed E-state index contributed by atoms with van der Waals surface area (Å²) in [5.74, 6) is -0.0814. The van der Waals surface area contributed by atoms with Crippen LogP contribution >= 0.6 is 0 Å². The van der Waals surface area contributed by atoms with Crippen molar-refractivity contribution >= 4 is 5.91 Å². The summed E-state index contributed by atoms with van der Waals surface area (Å²) in [5.41, 5.74) is 0.0745. The molecule has 1 saturated heterocycles. The molecule has 1 atom stereocenters. The second-order valence-electron chi connectivity index (χ2n) is 5.79. The first-order valence-electron chi connectivity index (χ1n) is 7.67. The first-order valence-corrected chi connectivity index (χ1v) is 7.67. The minimum Gasteiger partial charge on any atom is -0.332 e. The zero-order valence-corrected chi connectivity index (χ0v) is 12.9. The third-order valence-electron chi connectivity index (χ3n) is 4.09. The largest absolute Gasteiger partial charge is 0.332 e. The van der Waals surface area contributed by atoms with Gasteiger partial charge in [-0.3, -0.25) is 9.89 Å². The average molecular weight is 320 g/mol. The van der Waals surface area contributed by atoms with E-state index in [1.807, 2.05) is 0 Å². The van der Waals surface area contributed by atoms with Gasteiger partial charge in [0.2, 0.25) is 5.91 Å². The quantitative estimate of drug-likeness (QED) is 0.946. The van der Waals surface area contributed by atoms with Crippen LogP contribution in [0.3, 0.4) is 0 Å². The number of amides is 1. The summed E-state index contributed by atoms with van der Waals surface area (Å²) in [5, 5.41) is 6.93. The molecular weight excluding hydrogens is 302 g/mol. The Morgan fingerprint density at radius 3 is 2.96 bits per heavy atom. The molecule has 23 heavy (non-hydrogen) atoms. The summed E-state index contributed by atoms with van der Waals surface area (Å²) in [6.07, 6.45) is 2.48. The van der Waals surface area contributed by atoms with Gasteiger partial charge in [-0.2, -0.15) is 5.10 Å². The Morgan fingerprint density at radius 1 is 1.39 bits per heavy atom. The predicted octanol–water partition coefficient (Wildman–Crippen LogP) is 2.69. The van der Waals surface area contributed by atoms with E-state index < -0.39 is 11.6 Å². The van der Waals surface area contributed by atoms with Crippen molar-refractivity contribution in [2.45, 2.75) is 38.6 Å². The number of H-pyrrole nitrogens is 1. The van der Waals surface area contributed by atoms with Crippen molar-refractivity contribution in [3.63, 3.8) is 0 Å². The Hall–Kier alpha value is -2.31. The minimum atomic E-state index is -0.568. The number of rotatable bonds is 3. The van der Waals surface area contributed by atoms with E-state index in [2.05, 4.69) is 15.2 Å². The smallest absolute Gasteiger partial charge is 0.227 e. The third-order valence-corrected chi connectivity index (χ3v) is 4.09. The molecule has 122 valence electrons. The molecule has 2 heterocycles. The number of benzene rings is 1. The first-order chi connectivity index (χ1) is 11.0. The van der Waals surface area contributed by atoms with Crippen LogP contribution in [0.25, 0.3) is 0 Å². The van der Waals surface area contributed by atoms with E-state index in [0.717, 1.165) is 37.5 Å². The predicted molar refractivity (Wildman–Crippen MR) is 79.5 cm³/mol. The van der Waals surface area contributed by atoms with E-state index in [0.29, 0.717) is 18.2 Å². The molecule has 0 bridgehead atoms. The van der Waals surface area contributed by atoms with Crippen LogP contribution in [0.2, 0.25) is 0 Å². The number of aromatic amines is 1. The Bertz CT molecular complexity index is 716. The highest BCUT2D eigenvalue weighted by atomic mass is 19.1. The van der Waals surface area contributed by atoms with E-state index in [9.17, 15) is 13.6 Å². The number of aromatic nitrogens is 3. The molecule has 1 fully saturated rings. The van der Waals surface area contributed by atoms with Gasteiger partial charge < -0.3 is 4.90 Å². The Kier molecular flexibility index (Phi) is 4.36. The molecule has 1 aromatic carbocycles.